The molecule has 4 heterocycles. The summed E-state index contributed by atoms with van der Waals surface area (Å²) in [7, 11) is 1.66. The van der Waals surface area contributed by atoms with Crippen LogP contribution in [0, 0.1) is 12.8 Å². The van der Waals surface area contributed by atoms with Crippen LogP contribution in [0.5, 0.6) is 5.75 Å². The minimum Gasteiger partial charge on any atom is -0.497 e. The monoisotopic (exact) mass is 687 g/mol. The fourth-order valence-electron chi connectivity index (χ4n) is 7.41. The summed E-state index contributed by atoms with van der Waals surface area (Å²) in [6.45, 7) is 8.39. The van der Waals surface area contributed by atoms with Crippen LogP contribution in [0.2, 0.25) is 0 Å². The molecule has 7 rings (SSSR count). The summed E-state index contributed by atoms with van der Waals surface area (Å²) in [6.07, 6.45) is 5.03. The fourth-order valence-corrected chi connectivity index (χ4v) is 8.27. The van der Waals surface area contributed by atoms with Crippen LogP contribution in [0.4, 0.5) is 16.3 Å². The van der Waals surface area contributed by atoms with Crippen molar-refractivity contribution in [3.05, 3.63) is 112 Å². The van der Waals surface area contributed by atoms with Gasteiger partial charge in [0.05, 0.1) is 23.4 Å². The van der Waals surface area contributed by atoms with Crippen molar-refractivity contribution in [3.8, 4) is 22.6 Å². The van der Waals surface area contributed by atoms with Crippen LogP contribution in [0.1, 0.15) is 72.9 Å². The van der Waals surface area contributed by atoms with E-state index in [1.165, 1.54) is 16.9 Å². The second-order valence-electron chi connectivity index (χ2n) is 14.8. The molecule has 2 unspecified atom stereocenters. The lowest BCUT2D eigenvalue weighted by Crippen LogP contribution is -2.46. The maximum Gasteiger partial charge on any atom is 0.324 e. The molecule has 2 fully saturated rings. The summed E-state index contributed by atoms with van der Waals surface area (Å²) in [5, 5.41) is 13.0. The highest BCUT2D eigenvalue weighted by atomic mass is 32.1. The van der Waals surface area contributed by atoms with Gasteiger partial charge in [0.1, 0.15) is 11.6 Å². The van der Waals surface area contributed by atoms with E-state index in [9.17, 15) is 9.59 Å². The van der Waals surface area contributed by atoms with E-state index in [1.54, 1.807) is 11.8 Å². The molecular formula is C41H45N5O3S. The zero-order valence-corrected chi connectivity index (χ0v) is 30.2. The molecule has 0 saturated carbocycles. The molecule has 2 bridgehead atoms. The lowest BCUT2D eigenvalue weighted by molar-refractivity contribution is 0.0529. The Morgan fingerprint density at radius 2 is 1.62 bits per heavy atom. The number of ether oxygens (including phenoxy) is 1. The number of piperidine rings is 1. The van der Waals surface area contributed by atoms with Crippen LogP contribution in [-0.2, 0) is 11.8 Å². The Hall–Kier alpha value is -4.89. The van der Waals surface area contributed by atoms with E-state index in [4.69, 9.17) is 9.84 Å². The maximum atomic E-state index is 13.8. The molecule has 0 aliphatic carbocycles. The normalized spacial score (nSPS) is 18.6. The van der Waals surface area contributed by atoms with Gasteiger partial charge >= 0.3 is 6.03 Å². The number of thiophene rings is 1. The van der Waals surface area contributed by atoms with Crippen LogP contribution in [0.15, 0.2) is 90.3 Å². The van der Waals surface area contributed by atoms with Gasteiger partial charge in [0.15, 0.2) is 0 Å². The molecule has 5 aromatic rings. The van der Waals surface area contributed by atoms with Crippen LogP contribution in [-0.4, -0.2) is 45.8 Å². The van der Waals surface area contributed by atoms with Gasteiger partial charge in [-0.3, -0.25) is 10.1 Å². The molecule has 0 spiro atoms. The number of hydrogen-bond acceptors (Lipinski definition) is 5. The molecular weight excluding hydrogens is 643 g/mol. The largest absolute Gasteiger partial charge is 0.497 e. The smallest absolute Gasteiger partial charge is 0.324 e. The van der Waals surface area contributed by atoms with Gasteiger partial charge in [-0.15, -0.1) is 11.3 Å². The number of benzene rings is 3. The number of methoxy groups -OCH3 is 1. The van der Waals surface area contributed by atoms with Crippen LogP contribution in [0.25, 0.3) is 16.8 Å². The molecule has 2 aromatic heterocycles. The summed E-state index contributed by atoms with van der Waals surface area (Å²) in [5.74, 6) is 2.08. The number of fused-ring (bicyclic) bond motifs is 2. The third kappa shape index (κ3) is 7.19. The lowest BCUT2D eigenvalue weighted by atomic mass is 9.85. The van der Waals surface area contributed by atoms with Gasteiger partial charge in [-0.05, 0) is 109 Å². The van der Waals surface area contributed by atoms with E-state index in [-0.39, 0.29) is 29.4 Å². The Morgan fingerprint density at radius 1 is 0.900 bits per heavy atom. The van der Waals surface area contributed by atoms with Crippen molar-refractivity contribution < 1.29 is 14.3 Å². The minimum absolute atomic E-state index is 0.163. The standard InChI is InChI=1S/C41H45N5O3S/c1-26-9-13-32(14-10-26)46-38(24-37(44-46)41(2,3)4)43-40(48)42-31-8-6-7-27(20-31)19-28-21-33-15-16-34(22-28)45(33)39(47)36-23-30(25-50-36)29-11-17-35(49-5)18-12-29/h6-14,17-18,20,23-25,28,33-34H,15-16,19,21-22H2,1-5H3,(H2,42,43,48). The summed E-state index contributed by atoms with van der Waals surface area (Å²) < 4.78 is 7.08. The SMILES string of the molecule is COc1ccc(-c2csc(C(=O)N3C4CCC3CC(Cc3cccc(NC(=O)Nc5cc(C(C)(C)C)nn5-c5ccc(C)cc5)c3)C4)c2)cc1. The average molecular weight is 688 g/mol. The molecule has 258 valence electrons. The highest BCUT2D eigenvalue weighted by Crippen LogP contribution is 2.42. The molecule has 2 aliphatic rings. The van der Waals surface area contributed by atoms with Crippen molar-refractivity contribution in [2.75, 3.05) is 17.7 Å². The first-order valence-electron chi connectivity index (χ1n) is 17.4. The molecule has 2 aliphatic heterocycles. The first-order valence-corrected chi connectivity index (χ1v) is 18.3. The quantitative estimate of drug-likeness (QED) is 0.170. The molecule has 3 aromatic carbocycles. The maximum absolute atomic E-state index is 13.8. The number of amides is 3. The van der Waals surface area contributed by atoms with Crippen molar-refractivity contribution in [3.63, 3.8) is 0 Å². The highest BCUT2D eigenvalue weighted by Gasteiger charge is 2.43. The number of aromatic nitrogens is 2. The zero-order valence-electron chi connectivity index (χ0n) is 29.4. The Morgan fingerprint density at radius 3 is 2.30 bits per heavy atom. The van der Waals surface area contributed by atoms with Gasteiger partial charge in [-0.25, -0.2) is 9.48 Å². The molecule has 2 saturated heterocycles. The number of carbonyl (C=O) groups is 2. The number of rotatable bonds is 8. The van der Waals surface area contributed by atoms with Crippen molar-refractivity contribution in [1.29, 1.82) is 0 Å². The van der Waals surface area contributed by atoms with E-state index in [1.807, 2.05) is 72.8 Å². The van der Waals surface area contributed by atoms with Crippen molar-refractivity contribution in [1.82, 2.24) is 14.7 Å². The third-order valence-corrected chi connectivity index (χ3v) is 10.9. The molecule has 8 nitrogen and oxygen atoms in total. The van der Waals surface area contributed by atoms with Gasteiger partial charge < -0.3 is 15.0 Å². The summed E-state index contributed by atoms with van der Waals surface area (Å²) in [5.41, 5.74) is 6.86. The van der Waals surface area contributed by atoms with Crippen molar-refractivity contribution in [2.24, 2.45) is 5.92 Å². The van der Waals surface area contributed by atoms with Crippen LogP contribution >= 0.6 is 11.3 Å². The van der Waals surface area contributed by atoms with Crippen LogP contribution in [0.3, 0.4) is 0 Å². The highest BCUT2D eigenvalue weighted by molar-refractivity contribution is 7.12. The molecule has 50 heavy (non-hydrogen) atoms. The second kappa shape index (κ2) is 13.8. The summed E-state index contributed by atoms with van der Waals surface area (Å²) >= 11 is 1.53. The summed E-state index contributed by atoms with van der Waals surface area (Å²) in [6, 6.07) is 28.4. The number of anilines is 2. The molecule has 9 heteroatoms. The van der Waals surface area contributed by atoms with E-state index in [0.29, 0.717) is 11.7 Å². The Labute approximate surface area is 298 Å². The topological polar surface area (TPSA) is 88.5 Å². The first kappa shape index (κ1) is 33.6. The van der Waals surface area contributed by atoms with E-state index in [2.05, 4.69) is 60.7 Å². The molecule has 0 radical (unpaired) electrons. The number of nitrogens with zero attached hydrogens (tertiary/aromatic N) is 3. The lowest BCUT2D eigenvalue weighted by Gasteiger charge is -2.39. The van der Waals surface area contributed by atoms with E-state index >= 15 is 0 Å². The second-order valence-corrected chi connectivity index (χ2v) is 15.7. The molecule has 3 amide bonds. The Bertz CT molecular complexity index is 1980. The number of carbonyl (C=O) groups excluding carboxylic acids is 2. The molecule has 2 atom stereocenters. The Balaban J connectivity index is 0.982. The number of hydrogen-bond donors (Lipinski definition) is 2. The molecule has 2 N–H and O–H groups in total. The fraction of sp³-hybridized carbons (Fsp3) is 0.341. The van der Waals surface area contributed by atoms with E-state index in [0.717, 1.165) is 76.5 Å². The van der Waals surface area contributed by atoms with Gasteiger partial charge in [0, 0.05) is 29.3 Å². The first-order chi connectivity index (χ1) is 24.0. The Kier molecular flexibility index (Phi) is 9.26. The summed E-state index contributed by atoms with van der Waals surface area (Å²) in [4.78, 5) is 30.1. The van der Waals surface area contributed by atoms with Crippen molar-refractivity contribution in [2.45, 2.75) is 77.3 Å². The number of aryl methyl sites for hydroxylation is 1. The number of urea groups is 1. The van der Waals surface area contributed by atoms with Crippen molar-refractivity contribution >= 4 is 34.8 Å². The number of nitrogens with one attached hydrogen (secondary N) is 2. The van der Waals surface area contributed by atoms with Gasteiger partial charge in [-0.1, -0.05) is 62.7 Å². The average Bonchev–Trinajstić information content (AvgIpc) is 3.82. The zero-order chi connectivity index (χ0) is 35.0. The predicted octanol–water partition coefficient (Wildman–Crippen LogP) is 9.49. The van der Waals surface area contributed by atoms with Gasteiger partial charge in [0.2, 0.25) is 0 Å². The minimum atomic E-state index is -0.315. The predicted molar refractivity (Wildman–Crippen MR) is 202 cm³/mol. The van der Waals surface area contributed by atoms with Gasteiger partial charge in [0.25, 0.3) is 5.91 Å². The van der Waals surface area contributed by atoms with Gasteiger partial charge in [-0.2, -0.15) is 5.10 Å². The van der Waals surface area contributed by atoms with Crippen LogP contribution < -0.4 is 15.4 Å². The van der Waals surface area contributed by atoms with E-state index < -0.39 is 0 Å². The third-order valence-electron chi connectivity index (χ3n) is 10.0.